The number of imide groups is 1. The van der Waals surface area contributed by atoms with Crippen LogP contribution in [0.4, 0.5) is 11.4 Å². The summed E-state index contributed by atoms with van der Waals surface area (Å²) in [7, 11) is 3.68. The molecule has 1 spiro atoms. The third-order valence-electron chi connectivity index (χ3n) is 11.5. The highest BCUT2D eigenvalue weighted by molar-refractivity contribution is 6.32. The molecule has 3 amide bonds. The zero-order valence-electron chi connectivity index (χ0n) is 28.9. The summed E-state index contributed by atoms with van der Waals surface area (Å²) in [5, 5.41) is 10.2. The number of nitrogens with one attached hydrogen (secondary N) is 2. The predicted octanol–water partition coefficient (Wildman–Crippen LogP) is 4.38. The summed E-state index contributed by atoms with van der Waals surface area (Å²) in [5.41, 5.74) is 4.57. The van der Waals surface area contributed by atoms with E-state index in [1.54, 1.807) is 13.2 Å². The Hall–Kier alpha value is -4.22. The van der Waals surface area contributed by atoms with Crippen LogP contribution >= 0.6 is 11.6 Å². The van der Waals surface area contributed by atoms with Crippen LogP contribution in [0.15, 0.2) is 59.5 Å². The lowest BCUT2D eigenvalue weighted by Gasteiger charge is -2.47. The van der Waals surface area contributed by atoms with Crippen LogP contribution in [-0.4, -0.2) is 89.7 Å². The fourth-order valence-electron chi connectivity index (χ4n) is 8.43. The van der Waals surface area contributed by atoms with Gasteiger partial charge in [-0.3, -0.25) is 24.5 Å². The first-order valence-corrected chi connectivity index (χ1v) is 18.2. The summed E-state index contributed by atoms with van der Waals surface area (Å²) in [5.74, 6) is -0.266. The molecule has 0 bridgehead atoms. The van der Waals surface area contributed by atoms with Crippen LogP contribution in [-0.2, 0) is 16.6 Å². The largest absolute Gasteiger partial charge is 0.378 e. The molecule has 0 radical (unpaired) electrons. The zero-order valence-corrected chi connectivity index (χ0v) is 29.6. The molecule has 4 fully saturated rings. The van der Waals surface area contributed by atoms with Gasteiger partial charge in [-0.25, -0.2) is 4.68 Å². The first-order chi connectivity index (χ1) is 24.1. The number of hydrogen-bond donors (Lipinski definition) is 2. The quantitative estimate of drug-likeness (QED) is 0.364. The molecule has 7 rings (SSSR count). The van der Waals surface area contributed by atoms with Gasteiger partial charge in [0.25, 0.3) is 11.5 Å². The summed E-state index contributed by atoms with van der Waals surface area (Å²) < 4.78 is 1.23. The van der Waals surface area contributed by atoms with Gasteiger partial charge in [0.1, 0.15) is 5.02 Å². The number of likely N-dealkylation sites (N-methyl/N-ethyl adjacent to an activating group) is 1. The topological polar surface area (TPSA) is 120 Å². The molecule has 11 nitrogen and oxygen atoms in total. The van der Waals surface area contributed by atoms with Crippen LogP contribution in [0.2, 0.25) is 5.02 Å². The molecule has 1 unspecified atom stereocenters. The van der Waals surface area contributed by atoms with E-state index in [1.165, 1.54) is 15.9 Å². The van der Waals surface area contributed by atoms with Crippen molar-refractivity contribution in [3.63, 3.8) is 0 Å². The number of aryl methyl sites for hydroxylation is 1. The highest BCUT2D eigenvalue weighted by Gasteiger charge is 2.39. The second-order valence-corrected chi connectivity index (χ2v) is 15.2. The number of likely N-dealkylation sites (tertiary alicyclic amines) is 2. The number of hydrogen-bond acceptors (Lipinski definition) is 8. The molecule has 2 aromatic carbocycles. The lowest BCUT2D eigenvalue weighted by atomic mass is 9.71. The van der Waals surface area contributed by atoms with Crippen LogP contribution in [0.3, 0.4) is 0 Å². The van der Waals surface area contributed by atoms with E-state index in [2.05, 4.69) is 56.8 Å². The second kappa shape index (κ2) is 14.2. The maximum absolute atomic E-state index is 13.6. The molecule has 4 saturated heterocycles. The van der Waals surface area contributed by atoms with E-state index < -0.39 is 0 Å². The Kier molecular flexibility index (Phi) is 9.72. The minimum Gasteiger partial charge on any atom is -0.378 e. The zero-order chi connectivity index (χ0) is 35.0. The number of nitrogens with zero attached hydrogens (tertiary/aromatic N) is 5. The highest BCUT2D eigenvalue weighted by Crippen LogP contribution is 2.42. The van der Waals surface area contributed by atoms with Crippen molar-refractivity contribution in [1.29, 1.82) is 0 Å². The monoisotopic (exact) mass is 699 g/mol. The van der Waals surface area contributed by atoms with Gasteiger partial charge in [0.2, 0.25) is 11.8 Å². The molecule has 1 aromatic heterocycles. The molecular formula is C38H46ClN7O4. The fraction of sp³-hybridized carbons (Fsp3) is 0.500. The van der Waals surface area contributed by atoms with E-state index in [4.69, 9.17) is 11.6 Å². The van der Waals surface area contributed by atoms with Crippen molar-refractivity contribution in [1.82, 2.24) is 24.9 Å². The van der Waals surface area contributed by atoms with Crippen molar-refractivity contribution < 1.29 is 14.4 Å². The van der Waals surface area contributed by atoms with Gasteiger partial charge >= 0.3 is 0 Å². The van der Waals surface area contributed by atoms with Gasteiger partial charge in [0.05, 0.1) is 17.8 Å². The van der Waals surface area contributed by atoms with Crippen LogP contribution in [0.25, 0.3) is 0 Å². The number of carbonyl (C=O) groups excluding carboxylic acids is 3. The Morgan fingerprint density at radius 3 is 2.24 bits per heavy atom. The van der Waals surface area contributed by atoms with Crippen LogP contribution in [0.5, 0.6) is 0 Å². The van der Waals surface area contributed by atoms with Gasteiger partial charge in [-0.15, -0.1) is 0 Å². The fourth-order valence-corrected chi connectivity index (χ4v) is 8.66. The standard InChI is InChI=1S/C38H46ClN7O4/c1-43-23-28(21-29(24-43)41-32-22-40-44(2)37(50)34(32)39)25-3-5-27(6-4-25)36(49)46-19-15-38(16-20-46)13-17-45(18-14-38)30-9-7-26(8-10-30)31-11-12-33(47)42-35(31)48/h3-10,22,28-29,31,41H,11-21,23-24H2,1-2H3,(H,42,47,48)/t28-,29+,31?/m1/s1. The van der Waals surface area contributed by atoms with E-state index in [-0.39, 0.29) is 51.6 Å². The highest BCUT2D eigenvalue weighted by atomic mass is 35.5. The van der Waals surface area contributed by atoms with Gasteiger partial charge in [-0.2, -0.15) is 5.10 Å². The van der Waals surface area contributed by atoms with Crippen LogP contribution < -0.4 is 21.1 Å². The van der Waals surface area contributed by atoms with Crippen molar-refractivity contribution in [2.24, 2.45) is 12.5 Å². The molecule has 2 N–H and O–H groups in total. The summed E-state index contributed by atoms with van der Waals surface area (Å²) in [6.45, 7) is 5.26. The van der Waals surface area contributed by atoms with Crippen molar-refractivity contribution in [2.45, 2.75) is 62.8 Å². The van der Waals surface area contributed by atoms with E-state index >= 15 is 0 Å². The number of carbonyl (C=O) groups is 3. The minimum absolute atomic E-state index is 0.101. The maximum atomic E-state index is 13.6. The number of piperidine rings is 4. The molecular weight excluding hydrogens is 654 g/mol. The molecule has 5 heterocycles. The Morgan fingerprint density at radius 2 is 1.56 bits per heavy atom. The number of aromatic nitrogens is 2. The molecule has 4 aliphatic heterocycles. The number of amides is 3. The maximum Gasteiger partial charge on any atom is 0.287 e. The van der Waals surface area contributed by atoms with Gasteiger partial charge in [-0.05, 0) is 92.3 Å². The Labute approximate surface area is 297 Å². The van der Waals surface area contributed by atoms with Crippen molar-refractivity contribution in [2.75, 3.05) is 56.5 Å². The van der Waals surface area contributed by atoms with Gasteiger partial charge in [0.15, 0.2) is 0 Å². The summed E-state index contributed by atoms with van der Waals surface area (Å²) in [6.07, 6.45) is 7.69. The molecule has 12 heteroatoms. The van der Waals surface area contributed by atoms with E-state index in [9.17, 15) is 19.2 Å². The molecule has 3 aromatic rings. The van der Waals surface area contributed by atoms with Crippen molar-refractivity contribution in [3.8, 4) is 0 Å². The van der Waals surface area contributed by atoms with Crippen molar-refractivity contribution >= 4 is 40.7 Å². The van der Waals surface area contributed by atoms with Gasteiger partial charge < -0.3 is 20.0 Å². The molecule has 4 aliphatic rings. The molecule has 0 saturated carbocycles. The Morgan fingerprint density at radius 1 is 0.900 bits per heavy atom. The number of halogens is 1. The molecule has 264 valence electrons. The SMILES string of the molecule is CN1C[C@@H](Nc2cnn(C)c(=O)c2Cl)C[C@@H](c2ccc(C(=O)N3CCC4(CC3)CCN(c3ccc(C5CCC(=O)NC5=O)cc3)CC4)cc2)C1. The Bertz CT molecular complexity index is 1790. The van der Waals surface area contributed by atoms with Crippen LogP contribution in [0, 0.1) is 5.41 Å². The number of rotatable bonds is 6. The van der Waals surface area contributed by atoms with Gasteiger partial charge in [-0.1, -0.05) is 35.9 Å². The molecule has 0 aliphatic carbocycles. The smallest absolute Gasteiger partial charge is 0.287 e. The van der Waals surface area contributed by atoms with E-state index in [0.717, 1.165) is 82.5 Å². The summed E-state index contributed by atoms with van der Waals surface area (Å²) >= 11 is 6.32. The number of anilines is 2. The molecule has 3 atom stereocenters. The first-order valence-electron chi connectivity index (χ1n) is 17.8. The minimum atomic E-state index is -0.320. The average Bonchev–Trinajstić information content (AvgIpc) is 3.12. The second-order valence-electron chi connectivity index (χ2n) is 14.8. The normalized spacial score (nSPS) is 24.3. The average molecular weight is 700 g/mol. The third kappa shape index (κ3) is 7.16. The summed E-state index contributed by atoms with van der Waals surface area (Å²) in [6, 6.07) is 16.5. The van der Waals surface area contributed by atoms with E-state index in [1.807, 2.05) is 29.2 Å². The van der Waals surface area contributed by atoms with Crippen LogP contribution in [0.1, 0.15) is 78.3 Å². The Balaban J connectivity index is 0.901. The van der Waals surface area contributed by atoms with Crippen molar-refractivity contribution in [3.05, 3.63) is 86.8 Å². The lowest BCUT2D eigenvalue weighted by Crippen LogP contribution is -2.48. The number of benzene rings is 2. The van der Waals surface area contributed by atoms with Gasteiger partial charge in [0, 0.05) is 70.0 Å². The summed E-state index contributed by atoms with van der Waals surface area (Å²) in [4.78, 5) is 56.4. The van der Waals surface area contributed by atoms with E-state index in [0.29, 0.717) is 18.5 Å². The predicted molar refractivity (Wildman–Crippen MR) is 194 cm³/mol. The molecule has 50 heavy (non-hydrogen) atoms. The first kappa shape index (κ1) is 34.2. The lowest BCUT2D eigenvalue weighted by molar-refractivity contribution is -0.134. The third-order valence-corrected chi connectivity index (χ3v) is 11.9.